The van der Waals surface area contributed by atoms with E-state index in [2.05, 4.69) is 10.7 Å². The second-order valence-corrected chi connectivity index (χ2v) is 7.81. The molecule has 0 aromatic heterocycles. The van der Waals surface area contributed by atoms with Crippen molar-refractivity contribution in [3.05, 3.63) is 66.2 Å². The zero-order valence-corrected chi connectivity index (χ0v) is 17.1. The highest BCUT2D eigenvalue weighted by Crippen LogP contribution is 2.30. The predicted octanol–water partition coefficient (Wildman–Crippen LogP) is 2.45. The standard InChI is InChI=1S/C22H22N4O3S/c27-19(23-17-9-5-2-6-10-17)13-18-21(29)25(14-15-7-3-1-4-8-15)22(30)26(18)24-20(28)16-11-12-16/h1-10,16,18H,11-14H2,(H,23,27)(H,24,28). The molecule has 2 N–H and O–H groups in total. The number of carbonyl (C=O) groups is 3. The fraction of sp³-hybridized carbons (Fsp3) is 0.273. The molecule has 1 aliphatic carbocycles. The van der Waals surface area contributed by atoms with Gasteiger partial charge in [-0.3, -0.25) is 24.7 Å². The Bertz CT molecular complexity index is 963. The monoisotopic (exact) mass is 422 g/mol. The smallest absolute Gasteiger partial charge is 0.254 e. The minimum absolute atomic E-state index is 0.0510. The Hall–Kier alpha value is -3.26. The van der Waals surface area contributed by atoms with E-state index in [1.54, 1.807) is 12.1 Å². The zero-order chi connectivity index (χ0) is 21.1. The molecule has 0 spiro atoms. The van der Waals surface area contributed by atoms with Crippen LogP contribution in [0.15, 0.2) is 60.7 Å². The first-order valence-corrected chi connectivity index (χ1v) is 10.3. The van der Waals surface area contributed by atoms with Crippen LogP contribution < -0.4 is 10.7 Å². The molecule has 7 nitrogen and oxygen atoms in total. The van der Waals surface area contributed by atoms with E-state index in [1.807, 2.05) is 48.5 Å². The van der Waals surface area contributed by atoms with E-state index in [1.165, 1.54) is 9.91 Å². The number of amides is 3. The number of anilines is 1. The Balaban J connectivity index is 1.51. The van der Waals surface area contributed by atoms with Gasteiger partial charge in [-0.25, -0.2) is 5.01 Å². The lowest BCUT2D eigenvalue weighted by molar-refractivity contribution is -0.133. The van der Waals surface area contributed by atoms with Gasteiger partial charge in [0.1, 0.15) is 6.04 Å². The molecule has 1 aliphatic heterocycles. The van der Waals surface area contributed by atoms with Gasteiger partial charge in [-0.2, -0.15) is 0 Å². The van der Waals surface area contributed by atoms with Crippen molar-refractivity contribution in [1.82, 2.24) is 15.3 Å². The molecule has 2 aromatic rings. The molecule has 1 unspecified atom stereocenters. The summed E-state index contributed by atoms with van der Waals surface area (Å²) in [5, 5.41) is 4.37. The average Bonchev–Trinajstić information content (AvgIpc) is 3.57. The third kappa shape index (κ3) is 4.49. The molecule has 0 bridgehead atoms. The first kappa shape index (κ1) is 20.0. The maximum atomic E-state index is 13.2. The molecule has 1 saturated carbocycles. The van der Waals surface area contributed by atoms with E-state index in [0.717, 1.165) is 18.4 Å². The van der Waals surface area contributed by atoms with E-state index < -0.39 is 6.04 Å². The number of hydrogen-bond donors (Lipinski definition) is 2. The van der Waals surface area contributed by atoms with Gasteiger partial charge < -0.3 is 5.32 Å². The lowest BCUT2D eigenvalue weighted by atomic mass is 10.1. The van der Waals surface area contributed by atoms with Crippen LogP contribution in [0, 0.1) is 5.92 Å². The fourth-order valence-corrected chi connectivity index (χ4v) is 3.66. The molecular weight excluding hydrogens is 400 g/mol. The van der Waals surface area contributed by atoms with E-state index in [4.69, 9.17) is 12.2 Å². The molecule has 4 rings (SSSR count). The van der Waals surface area contributed by atoms with Gasteiger partial charge in [-0.15, -0.1) is 0 Å². The first-order valence-electron chi connectivity index (χ1n) is 9.87. The molecular formula is C22H22N4O3S. The van der Waals surface area contributed by atoms with Gasteiger partial charge in [0, 0.05) is 11.6 Å². The third-order valence-electron chi connectivity index (χ3n) is 5.10. The van der Waals surface area contributed by atoms with Gasteiger partial charge in [0.25, 0.3) is 5.91 Å². The maximum Gasteiger partial charge on any atom is 0.254 e. The summed E-state index contributed by atoms with van der Waals surface area (Å²) in [6.45, 7) is 0.283. The molecule has 1 saturated heterocycles. The third-order valence-corrected chi connectivity index (χ3v) is 5.52. The van der Waals surface area contributed by atoms with E-state index in [0.29, 0.717) is 5.69 Å². The Labute approximate surface area is 180 Å². The summed E-state index contributed by atoms with van der Waals surface area (Å²) in [7, 11) is 0. The number of thiocarbonyl (C=S) groups is 1. The highest BCUT2D eigenvalue weighted by Gasteiger charge is 2.45. The minimum Gasteiger partial charge on any atom is -0.326 e. The van der Waals surface area contributed by atoms with Crippen LogP contribution in [0.25, 0.3) is 0 Å². The molecule has 8 heteroatoms. The van der Waals surface area contributed by atoms with Crippen molar-refractivity contribution in [1.29, 1.82) is 0 Å². The van der Waals surface area contributed by atoms with Crippen LogP contribution in [0.1, 0.15) is 24.8 Å². The average molecular weight is 423 g/mol. The quantitative estimate of drug-likeness (QED) is 0.670. The van der Waals surface area contributed by atoms with Gasteiger partial charge in [0.2, 0.25) is 11.8 Å². The Kier molecular flexibility index (Phi) is 5.76. The molecule has 1 atom stereocenters. The molecule has 1 heterocycles. The Morgan fingerprint density at radius 2 is 1.63 bits per heavy atom. The second-order valence-electron chi connectivity index (χ2n) is 7.45. The largest absolute Gasteiger partial charge is 0.326 e. The number of para-hydroxylation sites is 1. The molecule has 154 valence electrons. The molecule has 2 fully saturated rings. The van der Waals surface area contributed by atoms with E-state index >= 15 is 0 Å². The number of nitrogens with zero attached hydrogens (tertiary/aromatic N) is 2. The number of hydrazine groups is 1. The van der Waals surface area contributed by atoms with E-state index in [-0.39, 0.29) is 41.7 Å². The van der Waals surface area contributed by atoms with Crippen molar-refractivity contribution in [2.24, 2.45) is 5.92 Å². The number of carbonyl (C=O) groups excluding carboxylic acids is 3. The van der Waals surface area contributed by atoms with Gasteiger partial charge >= 0.3 is 0 Å². The van der Waals surface area contributed by atoms with Crippen molar-refractivity contribution in [3.63, 3.8) is 0 Å². The van der Waals surface area contributed by atoms with Crippen LogP contribution in [0.3, 0.4) is 0 Å². The molecule has 3 amide bonds. The summed E-state index contributed by atoms with van der Waals surface area (Å²) < 4.78 is 0. The van der Waals surface area contributed by atoms with Crippen molar-refractivity contribution in [3.8, 4) is 0 Å². The lowest BCUT2D eigenvalue weighted by Gasteiger charge is -2.24. The van der Waals surface area contributed by atoms with Crippen molar-refractivity contribution < 1.29 is 14.4 Å². The van der Waals surface area contributed by atoms with Crippen LogP contribution in [-0.4, -0.2) is 38.8 Å². The number of hydrogen-bond acceptors (Lipinski definition) is 4. The van der Waals surface area contributed by atoms with Crippen LogP contribution in [-0.2, 0) is 20.9 Å². The van der Waals surface area contributed by atoms with Crippen LogP contribution >= 0.6 is 12.2 Å². The molecule has 2 aliphatic rings. The van der Waals surface area contributed by atoms with E-state index in [9.17, 15) is 14.4 Å². The van der Waals surface area contributed by atoms with Crippen LogP contribution in [0.2, 0.25) is 0 Å². The fourth-order valence-electron chi connectivity index (χ4n) is 3.33. The number of nitrogens with one attached hydrogen (secondary N) is 2. The molecule has 0 radical (unpaired) electrons. The van der Waals surface area contributed by atoms with Crippen molar-refractivity contribution in [2.45, 2.75) is 31.8 Å². The van der Waals surface area contributed by atoms with Crippen molar-refractivity contribution in [2.75, 3.05) is 5.32 Å². The highest BCUT2D eigenvalue weighted by atomic mass is 32.1. The SMILES string of the molecule is O=C(CC1C(=O)N(Cc2ccccc2)C(=S)N1NC(=O)C1CC1)Nc1ccccc1. The summed E-state index contributed by atoms with van der Waals surface area (Å²) >= 11 is 5.51. The zero-order valence-electron chi connectivity index (χ0n) is 16.3. The summed E-state index contributed by atoms with van der Waals surface area (Å²) in [5.41, 5.74) is 4.32. The second kappa shape index (κ2) is 8.62. The number of rotatable bonds is 7. The summed E-state index contributed by atoms with van der Waals surface area (Å²) in [6, 6.07) is 17.6. The van der Waals surface area contributed by atoms with Gasteiger partial charge in [-0.05, 0) is 42.8 Å². The normalized spacial score (nSPS) is 18.5. The van der Waals surface area contributed by atoms with Crippen molar-refractivity contribution >= 4 is 40.7 Å². The summed E-state index contributed by atoms with van der Waals surface area (Å²) in [4.78, 5) is 39.6. The lowest BCUT2D eigenvalue weighted by Crippen LogP contribution is -2.50. The molecule has 2 aromatic carbocycles. The predicted molar refractivity (Wildman–Crippen MR) is 116 cm³/mol. The topological polar surface area (TPSA) is 81.8 Å². The first-order chi connectivity index (χ1) is 14.5. The Morgan fingerprint density at radius 1 is 1.00 bits per heavy atom. The highest BCUT2D eigenvalue weighted by molar-refractivity contribution is 7.80. The maximum absolute atomic E-state index is 13.2. The molecule has 30 heavy (non-hydrogen) atoms. The minimum atomic E-state index is -0.882. The number of benzene rings is 2. The summed E-state index contributed by atoms with van der Waals surface area (Å²) in [5.74, 6) is -0.845. The van der Waals surface area contributed by atoms with Crippen LogP contribution in [0.4, 0.5) is 5.69 Å². The van der Waals surface area contributed by atoms with Gasteiger partial charge in [-0.1, -0.05) is 48.5 Å². The Morgan fingerprint density at radius 3 is 2.27 bits per heavy atom. The van der Waals surface area contributed by atoms with Crippen LogP contribution in [0.5, 0.6) is 0 Å². The van der Waals surface area contributed by atoms with Gasteiger partial charge in [0.15, 0.2) is 5.11 Å². The van der Waals surface area contributed by atoms with Gasteiger partial charge in [0.05, 0.1) is 13.0 Å². The summed E-state index contributed by atoms with van der Waals surface area (Å²) in [6.07, 6.45) is 1.53.